The van der Waals surface area contributed by atoms with Gasteiger partial charge in [-0.15, -0.1) is 0 Å². The maximum atomic E-state index is 12.0. The number of carboxylic acids is 1. The molecule has 2 aliphatic rings. The summed E-state index contributed by atoms with van der Waals surface area (Å²) in [5.74, 6) is 1.77. The van der Waals surface area contributed by atoms with Gasteiger partial charge in [0, 0.05) is 25.1 Å². The van der Waals surface area contributed by atoms with Crippen molar-refractivity contribution in [1.82, 2.24) is 4.90 Å². The lowest BCUT2D eigenvalue weighted by Gasteiger charge is -2.22. The Kier molecular flexibility index (Phi) is 7.43. The van der Waals surface area contributed by atoms with E-state index in [1.807, 2.05) is 17.1 Å². The normalized spacial score (nSPS) is 22.9. The average Bonchev–Trinajstić information content (AvgIpc) is 3.24. The van der Waals surface area contributed by atoms with Crippen LogP contribution < -0.4 is 0 Å². The molecule has 1 heterocycles. The Morgan fingerprint density at radius 3 is 2.83 bits per heavy atom. The fraction of sp³-hybridized carbons (Fsp3) is 0.765. The predicted molar refractivity (Wildman–Crippen MR) is 91.4 cm³/mol. The molecule has 1 saturated carbocycles. The maximum Gasteiger partial charge on any atom is 0.303 e. The minimum atomic E-state index is -0.754. The summed E-state index contributed by atoms with van der Waals surface area (Å²) in [6.07, 6.45) is 9.07. The van der Waals surface area contributed by atoms with Crippen LogP contribution in [0.5, 0.6) is 0 Å². The molecule has 1 amide bonds. The average molecular weight is 341 g/mol. The number of hydrogen-bond acceptors (Lipinski definition) is 4. The zero-order valence-electron chi connectivity index (χ0n) is 13.5. The number of carbonyl (C=O) groups is 2. The quantitative estimate of drug-likeness (QED) is 0.445. The van der Waals surface area contributed by atoms with Crippen molar-refractivity contribution in [2.45, 2.75) is 57.1 Å². The highest BCUT2D eigenvalue weighted by Crippen LogP contribution is 2.33. The fourth-order valence-electron chi connectivity index (χ4n) is 2.87. The van der Waals surface area contributed by atoms with Crippen molar-refractivity contribution in [3.8, 4) is 0 Å². The van der Waals surface area contributed by atoms with Crippen LogP contribution in [0, 0.1) is 5.92 Å². The Hall–Kier alpha value is -1.01. The number of likely N-dealkylation sites (tertiary alicyclic amines) is 1. The molecule has 1 saturated heterocycles. The molecule has 5 nitrogen and oxygen atoms in total. The molecule has 2 atom stereocenters. The van der Waals surface area contributed by atoms with Gasteiger partial charge in [-0.2, -0.15) is 11.8 Å². The van der Waals surface area contributed by atoms with Gasteiger partial charge in [-0.3, -0.25) is 9.59 Å². The zero-order chi connectivity index (χ0) is 16.7. The Labute approximate surface area is 142 Å². The van der Waals surface area contributed by atoms with Crippen molar-refractivity contribution in [3.63, 3.8) is 0 Å². The van der Waals surface area contributed by atoms with Crippen LogP contribution in [0.15, 0.2) is 12.2 Å². The molecular weight excluding hydrogens is 314 g/mol. The fourth-order valence-corrected chi connectivity index (χ4v) is 3.75. The van der Waals surface area contributed by atoms with Crippen molar-refractivity contribution in [2.24, 2.45) is 5.92 Å². The van der Waals surface area contributed by atoms with Gasteiger partial charge < -0.3 is 15.1 Å². The summed E-state index contributed by atoms with van der Waals surface area (Å²) >= 11 is 1.70. The van der Waals surface area contributed by atoms with Gasteiger partial charge in [-0.1, -0.05) is 25.0 Å². The van der Waals surface area contributed by atoms with Crippen LogP contribution in [-0.4, -0.2) is 57.2 Å². The monoisotopic (exact) mass is 341 g/mol. The van der Waals surface area contributed by atoms with Gasteiger partial charge >= 0.3 is 5.97 Å². The number of aliphatic hydroxyl groups excluding tert-OH is 1. The molecule has 0 bridgehead atoms. The molecule has 0 aromatic heterocycles. The van der Waals surface area contributed by atoms with Crippen molar-refractivity contribution in [3.05, 3.63) is 12.2 Å². The first-order chi connectivity index (χ1) is 11.1. The number of carboxylic acid groups (broad SMARTS) is 1. The van der Waals surface area contributed by atoms with E-state index >= 15 is 0 Å². The Morgan fingerprint density at radius 1 is 1.35 bits per heavy atom. The second-order valence-electron chi connectivity index (χ2n) is 6.43. The maximum absolute atomic E-state index is 12.0. The molecule has 0 unspecified atom stereocenters. The summed E-state index contributed by atoms with van der Waals surface area (Å²) in [4.78, 5) is 24.3. The number of nitrogens with zero attached hydrogens (tertiary/aromatic N) is 1. The molecule has 1 aliphatic carbocycles. The molecule has 0 spiro atoms. The van der Waals surface area contributed by atoms with Gasteiger partial charge in [-0.05, 0) is 30.9 Å². The van der Waals surface area contributed by atoms with Crippen LogP contribution in [0.4, 0.5) is 0 Å². The van der Waals surface area contributed by atoms with Gasteiger partial charge in [-0.25, -0.2) is 0 Å². The van der Waals surface area contributed by atoms with Gasteiger partial charge in [0.25, 0.3) is 0 Å². The number of aliphatic hydroxyl groups is 1. The molecule has 0 radical (unpaired) electrons. The summed E-state index contributed by atoms with van der Waals surface area (Å²) < 4.78 is 0. The van der Waals surface area contributed by atoms with Crippen molar-refractivity contribution in [2.75, 3.05) is 18.1 Å². The van der Waals surface area contributed by atoms with E-state index in [1.54, 1.807) is 11.8 Å². The van der Waals surface area contributed by atoms with Crippen LogP contribution >= 0.6 is 11.8 Å². The topological polar surface area (TPSA) is 77.8 Å². The summed E-state index contributed by atoms with van der Waals surface area (Å²) in [5.41, 5.74) is 0. The SMILES string of the molecule is O=C(O)CCCSCCN1C(=O)CC[C@@H]1C=C[C@@H](O)CC1CC1. The molecule has 6 heteroatoms. The third kappa shape index (κ3) is 6.96. The summed E-state index contributed by atoms with van der Waals surface area (Å²) in [6, 6.07) is 0.107. The minimum Gasteiger partial charge on any atom is -0.481 e. The smallest absolute Gasteiger partial charge is 0.303 e. The molecule has 2 N–H and O–H groups in total. The standard InChI is InChI=1S/C17H27NO4S/c19-15(12-13-3-4-13)7-5-14-6-8-16(20)18(14)9-11-23-10-1-2-17(21)22/h5,7,13-15,19H,1-4,6,8-12H2,(H,21,22)/t14-,15+/m0/s1. The first-order valence-electron chi connectivity index (χ1n) is 8.51. The van der Waals surface area contributed by atoms with E-state index < -0.39 is 5.97 Å². The van der Waals surface area contributed by atoms with Crippen LogP contribution in [0.2, 0.25) is 0 Å². The molecular formula is C17H27NO4S. The van der Waals surface area contributed by atoms with Gasteiger partial charge in [0.15, 0.2) is 0 Å². The lowest BCUT2D eigenvalue weighted by atomic mass is 10.1. The summed E-state index contributed by atoms with van der Waals surface area (Å²) in [5, 5.41) is 18.5. The first-order valence-corrected chi connectivity index (χ1v) is 9.67. The third-order valence-electron chi connectivity index (χ3n) is 4.36. The first kappa shape index (κ1) is 18.3. The van der Waals surface area contributed by atoms with Crippen LogP contribution in [0.3, 0.4) is 0 Å². The number of carbonyl (C=O) groups excluding carboxylic acids is 1. The largest absolute Gasteiger partial charge is 0.481 e. The number of aliphatic carboxylic acids is 1. The second-order valence-corrected chi connectivity index (χ2v) is 7.66. The highest BCUT2D eigenvalue weighted by atomic mass is 32.2. The van der Waals surface area contributed by atoms with E-state index in [1.165, 1.54) is 12.8 Å². The van der Waals surface area contributed by atoms with Crippen LogP contribution in [0.25, 0.3) is 0 Å². The highest BCUT2D eigenvalue weighted by Gasteiger charge is 2.29. The second kappa shape index (κ2) is 9.33. The van der Waals surface area contributed by atoms with E-state index in [9.17, 15) is 14.7 Å². The highest BCUT2D eigenvalue weighted by molar-refractivity contribution is 7.99. The van der Waals surface area contributed by atoms with Crippen LogP contribution in [-0.2, 0) is 9.59 Å². The van der Waals surface area contributed by atoms with E-state index in [0.29, 0.717) is 25.3 Å². The van der Waals surface area contributed by atoms with Crippen molar-refractivity contribution in [1.29, 1.82) is 0 Å². The summed E-state index contributed by atoms with van der Waals surface area (Å²) in [7, 11) is 0. The zero-order valence-corrected chi connectivity index (χ0v) is 14.3. The van der Waals surface area contributed by atoms with E-state index in [-0.39, 0.29) is 24.5 Å². The van der Waals surface area contributed by atoms with Crippen molar-refractivity contribution >= 4 is 23.6 Å². The molecule has 23 heavy (non-hydrogen) atoms. The molecule has 2 rings (SSSR count). The third-order valence-corrected chi connectivity index (χ3v) is 5.41. The molecule has 0 aromatic carbocycles. The minimum absolute atomic E-state index is 0.107. The number of hydrogen-bond donors (Lipinski definition) is 2. The Morgan fingerprint density at radius 2 is 2.13 bits per heavy atom. The number of rotatable bonds is 11. The molecule has 2 fully saturated rings. The van der Waals surface area contributed by atoms with E-state index in [0.717, 1.165) is 24.3 Å². The van der Waals surface area contributed by atoms with E-state index in [4.69, 9.17) is 5.11 Å². The van der Waals surface area contributed by atoms with Crippen LogP contribution in [0.1, 0.15) is 44.9 Å². The molecule has 130 valence electrons. The number of thioether (sulfide) groups is 1. The van der Waals surface area contributed by atoms with E-state index in [2.05, 4.69) is 0 Å². The lowest BCUT2D eigenvalue weighted by molar-refractivity contribution is -0.137. The lowest BCUT2D eigenvalue weighted by Crippen LogP contribution is -2.34. The summed E-state index contributed by atoms with van der Waals surface area (Å²) in [6.45, 7) is 0.699. The Balaban J connectivity index is 1.66. The van der Waals surface area contributed by atoms with Gasteiger partial charge in [0.05, 0.1) is 12.1 Å². The van der Waals surface area contributed by atoms with Gasteiger partial charge in [0.2, 0.25) is 5.91 Å². The molecule has 0 aromatic rings. The van der Waals surface area contributed by atoms with Gasteiger partial charge in [0.1, 0.15) is 0 Å². The Bertz CT molecular complexity index is 436. The number of amides is 1. The van der Waals surface area contributed by atoms with Crippen molar-refractivity contribution < 1.29 is 19.8 Å². The molecule has 1 aliphatic heterocycles. The predicted octanol–water partition coefficient (Wildman–Crippen LogP) is 2.29.